The highest BCUT2D eigenvalue weighted by Crippen LogP contribution is 2.07. The van der Waals surface area contributed by atoms with Gasteiger partial charge >= 0.3 is 11.9 Å². The molecule has 0 aromatic heterocycles. The fraction of sp³-hybridized carbons (Fsp3) is 0. The Hall–Kier alpha value is -1.84. The van der Waals surface area contributed by atoms with Crippen LogP contribution in [0.4, 0.5) is 0 Å². The van der Waals surface area contributed by atoms with Crippen molar-refractivity contribution in [3.05, 3.63) is 35.4 Å². The van der Waals surface area contributed by atoms with Crippen molar-refractivity contribution >= 4 is 11.9 Å². The molecule has 0 saturated carbocycles. The summed E-state index contributed by atoms with van der Waals surface area (Å²) in [5, 5.41) is 17.1. The Morgan fingerprint density at radius 1 is 1.25 bits per heavy atom. The molecule has 1 radical (unpaired) electrons. The van der Waals surface area contributed by atoms with Crippen molar-refractivity contribution in [1.29, 1.82) is 0 Å². The van der Waals surface area contributed by atoms with Crippen LogP contribution in [0, 0.1) is 6.07 Å². The number of hydrogen-bond acceptors (Lipinski definition) is 2. The molecule has 12 heavy (non-hydrogen) atoms. The number of carboxylic acids is 2. The van der Waals surface area contributed by atoms with E-state index in [2.05, 4.69) is 6.07 Å². The number of rotatable bonds is 2. The quantitative estimate of drug-likeness (QED) is 0.682. The second-order valence-electron chi connectivity index (χ2n) is 2.07. The van der Waals surface area contributed by atoms with Gasteiger partial charge in [-0.1, -0.05) is 12.1 Å². The van der Waals surface area contributed by atoms with Gasteiger partial charge in [0.2, 0.25) is 0 Å². The van der Waals surface area contributed by atoms with Crippen molar-refractivity contribution in [1.82, 2.24) is 0 Å². The van der Waals surface area contributed by atoms with Crippen LogP contribution in [-0.4, -0.2) is 22.2 Å². The van der Waals surface area contributed by atoms with E-state index in [1.165, 1.54) is 18.2 Å². The molecule has 0 unspecified atom stereocenters. The minimum atomic E-state index is -1.28. The van der Waals surface area contributed by atoms with E-state index in [0.717, 1.165) is 0 Å². The third kappa shape index (κ3) is 1.42. The van der Waals surface area contributed by atoms with Crippen LogP contribution in [0.15, 0.2) is 18.2 Å². The number of carbonyl (C=O) groups is 2. The molecule has 61 valence electrons. The zero-order valence-electron chi connectivity index (χ0n) is 5.94. The van der Waals surface area contributed by atoms with Gasteiger partial charge in [0.1, 0.15) is 0 Å². The summed E-state index contributed by atoms with van der Waals surface area (Å²) in [6.45, 7) is 0. The maximum absolute atomic E-state index is 10.4. The summed E-state index contributed by atoms with van der Waals surface area (Å²) in [7, 11) is 0. The van der Waals surface area contributed by atoms with E-state index in [1.54, 1.807) is 0 Å². The van der Waals surface area contributed by atoms with Crippen molar-refractivity contribution < 1.29 is 19.8 Å². The SMILES string of the molecule is O=C(O)c1[c]cccc1C(=O)O. The van der Waals surface area contributed by atoms with Crippen LogP contribution in [0.1, 0.15) is 20.7 Å². The molecule has 0 heterocycles. The molecule has 1 rings (SSSR count). The van der Waals surface area contributed by atoms with Crippen LogP contribution in [0.3, 0.4) is 0 Å². The van der Waals surface area contributed by atoms with Gasteiger partial charge in [0.15, 0.2) is 0 Å². The third-order valence-corrected chi connectivity index (χ3v) is 1.30. The first-order valence-electron chi connectivity index (χ1n) is 3.10. The first kappa shape index (κ1) is 8.26. The van der Waals surface area contributed by atoms with Gasteiger partial charge in [0.25, 0.3) is 0 Å². The Balaban J connectivity index is 3.27. The largest absolute Gasteiger partial charge is 0.478 e. The summed E-state index contributed by atoms with van der Waals surface area (Å²) in [5.41, 5.74) is -0.560. The predicted octanol–water partition coefficient (Wildman–Crippen LogP) is 0.883. The molecule has 0 amide bonds. The molecular formula is C8H5O4. The minimum Gasteiger partial charge on any atom is -0.478 e. The van der Waals surface area contributed by atoms with Gasteiger partial charge in [-0.25, -0.2) is 9.59 Å². The average molecular weight is 165 g/mol. The van der Waals surface area contributed by atoms with Crippen molar-refractivity contribution in [3.63, 3.8) is 0 Å². The maximum atomic E-state index is 10.4. The van der Waals surface area contributed by atoms with E-state index < -0.39 is 11.9 Å². The zero-order chi connectivity index (χ0) is 9.14. The highest BCUT2D eigenvalue weighted by molar-refractivity contribution is 6.01. The molecule has 1 aromatic rings. The van der Waals surface area contributed by atoms with Crippen molar-refractivity contribution in [2.75, 3.05) is 0 Å². The summed E-state index contributed by atoms with van der Waals surface area (Å²) >= 11 is 0. The molecule has 0 spiro atoms. The zero-order valence-corrected chi connectivity index (χ0v) is 5.94. The Bertz CT molecular complexity index is 297. The van der Waals surface area contributed by atoms with Gasteiger partial charge < -0.3 is 10.2 Å². The van der Waals surface area contributed by atoms with E-state index in [0.29, 0.717) is 0 Å². The van der Waals surface area contributed by atoms with Crippen LogP contribution in [-0.2, 0) is 0 Å². The first-order chi connectivity index (χ1) is 5.63. The Morgan fingerprint density at radius 3 is 2.33 bits per heavy atom. The summed E-state index contributed by atoms with van der Waals surface area (Å²) in [5.74, 6) is -2.54. The lowest BCUT2D eigenvalue weighted by Gasteiger charge is -1.97. The molecule has 0 aliphatic rings. The minimum absolute atomic E-state index is 0.245. The molecule has 0 aliphatic carbocycles. The van der Waals surface area contributed by atoms with Gasteiger partial charge in [-0.05, 0) is 12.1 Å². The molecule has 4 nitrogen and oxygen atoms in total. The normalized spacial score (nSPS) is 9.33. The standard InChI is InChI=1S/C8H5O4/c9-7(10)5-3-1-2-4-6(5)8(11)12/h1-3H,(H,9,10)(H,11,12). The second-order valence-corrected chi connectivity index (χ2v) is 2.07. The molecular weight excluding hydrogens is 160 g/mol. The lowest BCUT2D eigenvalue weighted by atomic mass is 10.1. The smallest absolute Gasteiger partial charge is 0.337 e. The van der Waals surface area contributed by atoms with Crippen molar-refractivity contribution in [2.24, 2.45) is 0 Å². The molecule has 4 heteroatoms. The van der Waals surface area contributed by atoms with Crippen LogP contribution in [0.25, 0.3) is 0 Å². The summed E-state index contributed by atoms with van der Waals surface area (Å²) in [6, 6.07) is 6.35. The first-order valence-corrected chi connectivity index (χ1v) is 3.10. The third-order valence-electron chi connectivity index (χ3n) is 1.30. The van der Waals surface area contributed by atoms with E-state index in [4.69, 9.17) is 10.2 Å². The molecule has 0 saturated heterocycles. The van der Waals surface area contributed by atoms with Gasteiger partial charge in [0.05, 0.1) is 11.1 Å². The molecule has 1 aromatic carbocycles. The molecule has 0 aliphatic heterocycles. The van der Waals surface area contributed by atoms with Crippen LogP contribution >= 0.6 is 0 Å². The van der Waals surface area contributed by atoms with Gasteiger partial charge in [-0.15, -0.1) is 0 Å². The highest BCUT2D eigenvalue weighted by Gasteiger charge is 2.14. The van der Waals surface area contributed by atoms with Crippen molar-refractivity contribution in [3.8, 4) is 0 Å². The lowest BCUT2D eigenvalue weighted by molar-refractivity contribution is 0.0651. The molecule has 0 bridgehead atoms. The fourth-order valence-corrected chi connectivity index (χ4v) is 0.792. The van der Waals surface area contributed by atoms with E-state index in [9.17, 15) is 9.59 Å². The maximum Gasteiger partial charge on any atom is 0.337 e. The van der Waals surface area contributed by atoms with Crippen LogP contribution in [0.5, 0.6) is 0 Å². The van der Waals surface area contributed by atoms with E-state index in [1.807, 2.05) is 0 Å². The highest BCUT2D eigenvalue weighted by atomic mass is 16.4. The number of carboxylic acid groups (broad SMARTS) is 2. The average Bonchev–Trinajstić information content (AvgIpc) is 2.04. The summed E-state index contributed by atoms with van der Waals surface area (Å²) in [4.78, 5) is 20.9. The lowest BCUT2D eigenvalue weighted by Crippen LogP contribution is -2.07. The predicted molar refractivity (Wildman–Crippen MR) is 39.2 cm³/mol. The molecule has 0 fully saturated rings. The van der Waals surface area contributed by atoms with Gasteiger partial charge in [0, 0.05) is 0 Å². The van der Waals surface area contributed by atoms with E-state index in [-0.39, 0.29) is 11.1 Å². The number of hydrogen-bond donors (Lipinski definition) is 2. The van der Waals surface area contributed by atoms with Gasteiger partial charge in [-0.2, -0.15) is 0 Å². The Labute approximate surface area is 68.1 Å². The van der Waals surface area contributed by atoms with Crippen LogP contribution < -0.4 is 0 Å². The monoisotopic (exact) mass is 165 g/mol. The van der Waals surface area contributed by atoms with E-state index >= 15 is 0 Å². The number of benzene rings is 1. The second kappa shape index (κ2) is 3.04. The topological polar surface area (TPSA) is 74.6 Å². The summed E-state index contributed by atoms with van der Waals surface area (Å²) in [6.07, 6.45) is 0. The number of aromatic carboxylic acids is 2. The van der Waals surface area contributed by atoms with Crippen LogP contribution in [0.2, 0.25) is 0 Å². The summed E-state index contributed by atoms with van der Waals surface area (Å²) < 4.78 is 0. The fourth-order valence-electron chi connectivity index (χ4n) is 0.792. The molecule has 2 N–H and O–H groups in total. The van der Waals surface area contributed by atoms with Gasteiger partial charge in [-0.3, -0.25) is 0 Å². The Morgan fingerprint density at radius 2 is 1.92 bits per heavy atom. The Kier molecular flexibility index (Phi) is 2.09. The molecule has 0 atom stereocenters. The van der Waals surface area contributed by atoms with Crippen molar-refractivity contribution in [2.45, 2.75) is 0 Å².